The zero-order chi connectivity index (χ0) is 19.2. The number of fused-ring (bicyclic) bond motifs is 1. The molecule has 1 saturated carbocycles. The van der Waals surface area contributed by atoms with E-state index in [0.29, 0.717) is 34.4 Å². The largest absolute Gasteiger partial charge is 0.477 e. The van der Waals surface area contributed by atoms with Crippen molar-refractivity contribution in [2.45, 2.75) is 17.7 Å². The van der Waals surface area contributed by atoms with E-state index in [9.17, 15) is 13.2 Å². The Morgan fingerprint density at radius 1 is 1.19 bits per heavy atom. The van der Waals surface area contributed by atoms with Crippen LogP contribution in [-0.2, 0) is 16.9 Å². The van der Waals surface area contributed by atoms with Crippen molar-refractivity contribution in [2.75, 3.05) is 12.9 Å². The van der Waals surface area contributed by atoms with Gasteiger partial charge in [-0.25, -0.2) is 13.4 Å². The van der Waals surface area contributed by atoms with E-state index in [1.54, 1.807) is 25.4 Å². The van der Waals surface area contributed by atoms with Crippen LogP contribution < -0.4 is 10.3 Å². The third-order valence-electron chi connectivity index (χ3n) is 4.79. The normalized spacial score (nSPS) is 14.4. The van der Waals surface area contributed by atoms with Gasteiger partial charge in [0.1, 0.15) is 0 Å². The first-order chi connectivity index (χ1) is 12.9. The average molecular weight is 384 g/mol. The molecule has 0 aliphatic heterocycles. The molecule has 1 fully saturated rings. The van der Waals surface area contributed by atoms with Crippen LogP contribution in [0.4, 0.5) is 0 Å². The van der Waals surface area contributed by atoms with Crippen molar-refractivity contribution < 1.29 is 13.2 Å². The van der Waals surface area contributed by atoms with Crippen molar-refractivity contribution in [1.29, 1.82) is 0 Å². The number of aryl methyl sites for hydroxylation is 1. The van der Waals surface area contributed by atoms with Crippen molar-refractivity contribution in [1.82, 2.24) is 9.55 Å². The number of ether oxygens (including phenoxy) is 1. The predicted octanol–water partition coefficient (Wildman–Crippen LogP) is 2.79. The molecule has 27 heavy (non-hydrogen) atoms. The third-order valence-corrected chi connectivity index (χ3v) is 5.93. The van der Waals surface area contributed by atoms with Gasteiger partial charge in [-0.05, 0) is 36.3 Å². The van der Waals surface area contributed by atoms with Gasteiger partial charge in [0.2, 0.25) is 5.88 Å². The summed E-state index contributed by atoms with van der Waals surface area (Å²) >= 11 is 0. The molecule has 0 N–H and O–H groups in total. The Kier molecular flexibility index (Phi) is 4.26. The minimum atomic E-state index is -3.53. The maximum atomic E-state index is 12.5. The van der Waals surface area contributed by atoms with Crippen molar-refractivity contribution in [3.63, 3.8) is 0 Å². The Morgan fingerprint density at radius 3 is 2.56 bits per heavy atom. The lowest BCUT2D eigenvalue weighted by atomic mass is 10.0. The van der Waals surface area contributed by atoms with E-state index in [2.05, 4.69) is 4.98 Å². The molecule has 0 spiro atoms. The van der Waals surface area contributed by atoms with Crippen molar-refractivity contribution in [3.8, 4) is 17.0 Å². The Bertz CT molecular complexity index is 1190. The Balaban J connectivity index is 2.04. The molecule has 1 aromatic carbocycles. The van der Waals surface area contributed by atoms with Gasteiger partial charge in [-0.2, -0.15) is 0 Å². The molecule has 1 aliphatic carbocycles. The number of nitrogens with zero attached hydrogens (tertiary/aromatic N) is 2. The van der Waals surface area contributed by atoms with E-state index in [-0.39, 0.29) is 16.3 Å². The van der Waals surface area contributed by atoms with Crippen molar-refractivity contribution in [3.05, 3.63) is 53.1 Å². The molecule has 2 heterocycles. The zero-order valence-corrected chi connectivity index (χ0v) is 16.0. The Morgan fingerprint density at radius 2 is 1.89 bits per heavy atom. The molecule has 0 amide bonds. The van der Waals surface area contributed by atoms with E-state index in [1.807, 2.05) is 12.1 Å². The van der Waals surface area contributed by atoms with E-state index < -0.39 is 9.84 Å². The highest BCUT2D eigenvalue weighted by atomic mass is 32.2. The number of pyridine rings is 2. The van der Waals surface area contributed by atoms with Gasteiger partial charge in [0.15, 0.2) is 9.84 Å². The smallest absolute Gasteiger partial charge is 0.258 e. The van der Waals surface area contributed by atoms with Gasteiger partial charge in [0, 0.05) is 36.6 Å². The van der Waals surface area contributed by atoms with Crippen LogP contribution in [0.15, 0.2) is 52.4 Å². The molecule has 0 radical (unpaired) electrons. The first kappa shape index (κ1) is 17.7. The van der Waals surface area contributed by atoms with Gasteiger partial charge in [0.05, 0.1) is 17.1 Å². The van der Waals surface area contributed by atoms with Crippen LogP contribution in [0.2, 0.25) is 0 Å². The van der Waals surface area contributed by atoms with Crippen LogP contribution in [0.3, 0.4) is 0 Å². The maximum absolute atomic E-state index is 12.5. The minimum Gasteiger partial charge on any atom is -0.477 e. The first-order valence-corrected chi connectivity index (χ1v) is 10.7. The second-order valence-electron chi connectivity index (χ2n) is 7.02. The average Bonchev–Trinajstić information content (AvgIpc) is 3.46. The number of rotatable bonds is 5. The molecular weight excluding hydrogens is 364 g/mol. The number of benzene rings is 1. The quantitative estimate of drug-likeness (QED) is 0.676. The van der Waals surface area contributed by atoms with Crippen LogP contribution >= 0.6 is 0 Å². The SMILES string of the molecule is Cn1cc(-c2c(S(C)(=O)=O)ccnc2OCC2CC2)c2ccccc2c1=O. The van der Waals surface area contributed by atoms with Crippen LogP contribution in [0.5, 0.6) is 5.88 Å². The maximum Gasteiger partial charge on any atom is 0.258 e. The fourth-order valence-electron chi connectivity index (χ4n) is 3.19. The van der Waals surface area contributed by atoms with Crippen LogP contribution in [0, 0.1) is 5.92 Å². The van der Waals surface area contributed by atoms with Gasteiger partial charge in [-0.3, -0.25) is 4.79 Å². The van der Waals surface area contributed by atoms with E-state index in [0.717, 1.165) is 12.8 Å². The highest BCUT2D eigenvalue weighted by molar-refractivity contribution is 7.90. The summed E-state index contributed by atoms with van der Waals surface area (Å²) in [6, 6.07) is 8.65. The molecule has 0 unspecified atom stereocenters. The summed E-state index contributed by atoms with van der Waals surface area (Å²) in [5.41, 5.74) is 0.888. The molecule has 0 bridgehead atoms. The van der Waals surface area contributed by atoms with Gasteiger partial charge >= 0.3 is 0 Å². The summed E-state index contributed by atoms with van der Waals surface area (Å²) < 4.78 is 32.3. The molecule has 4 rings (SSSR count). The van der Waals surface area contributed by atoms with Gasteiger partial charge in [0.25, 0.3) is 5.56 Å². The van der Waals surface area contributed by atoms with Gasteiger partial charge in [-0.15, -0.1) is 0 Å². The van der Waals surface area contributed by atoms with E-state index in [1.165, 1.54) is 23.1 Å². The van der Waals surface area contributed by atoms with E-state index >= 15 is 0 Å². The van der Waals surface area contributed by atoms with Gasteiger partial charge in [-0.1, -0.05) is 18.2 Å². The summed E-state index contributed by atoms with van der Waals surface area (Å²) in [6.07, 6.45) is 6.50. The summed E-state index contributed by atoms with van der Waals surface area (Å²) in [5.74, 6) is 0.784. The lowest BCUT2D eigenvalue weighted by Crippen LogP contribution is -2.17. The standard InChI is InChI=1S/C20H20N2O4S/c1-22-11-16(14-5-3-4-6-15(14)20(22)23)18-17(27(2,24)25)9-10-21-19(18)26-12-13-7-8-13/h3-6,9-11,13H,7-8,12H2,1-2H3. The van der Waals surface area contributed by atoms with Gasteiger partial charge < -0.3 is 9.30 Å². The molecule has 2 aromatic heterocycles. The third kappa shape index (κ3) is 3.35. The molecule has 3 aromatic rings. The molecule has 1 aliphatic rings. The predicted molar refractivity (Wildman–Crippen MR) is 104 cm³/mol. The molecule has 140 valence electrons. The number of sulfone groups is 1. The fraction of sp³-hybridized carbons (Fsp3) is 0.300. The number of aromatic nitrogens is 2. The van der Waals surface area contributed by atoms with Crippen LogP contribution in [0.25, 0.3) is 21.9 Å². The Labute approximate surface area is 157 Å². The van der Waals surface area contributed by atoms with Crippen molar-refractivity contribution >= 4 is 20.6 Å². The molecule has 6 nitrogen and oxygen atoms in total. The Hall–Kier alpha value is -2.67. The lowest BCUT2D eigenvalue weighted by molar-refractivity contribution is 0.289. The first-order valence-electron chi connectivity index (χ1n) is 8.77. The monoisotopic (exact) mass is 384 g/mol. The molecular formula is C20H20N2O4S. The molecule has 7 heteroatoms. The number of hydrogen-bond acceptors (Lipinski definition) is 5. The second-order valence-corrected chi connectivity index (χ2v) is 9.00. The molecule has 0 atom stereocenters. The minimum absolute atomic E-state index is 0.139. The number of hydrogen-bond donors (Lipinski definition) is 0. The molecule has 0 saturated heterocycles. The summed E-state index contributed by atoms with van der Waals surface area (Å²) in [6.45, 7) is 0.511. The highest BCUT2D eigenvalue weighted by Crippen LogP contribution is 2.39. The highest BCUT2D eigenvalue weighted by Gasteiger charge is 2.26. The van der Waals surface area contributed by atoms with Crippen LogP contribution in [0.1, 0.15) is 12.8 Å². The topological polar surface area (TPSA) is 78.3 Å². The van der Waals surface area contributed by atoms with E-state index in [4.69, 9.17) is 4.74 Å². The second kappa shape index (κ2) is 6.49. The summed E-state index contributed by atoms with van der Waals surface area (Å²) in [4.78, 5) is 17.0. The zero-order valence-electron chi connectivity index (χ0n) is 15.2. The summed E-state index contributed by atoms with van der Waals surface area (Å²) in [7, 11) is -1.87. The fourth-order valence-corrected chi connectivity index (χ4v) is 4.07. The lowest BCUT2D eigenvalue weighted by Gasteiger charge is -2.16. The summed E-state index contributed by atoms with van der Waals surface area (Å²) in [5, 5.41) is 1.20. The van der Waals surface area contributed by atoms with Crippen molar-refractivity contribution in [2.24, 2.45) is 13.0 Å². The van der Waals surface area contributed by atoms with Crippen LogP contribution in [-0.4, -0.2) is 30.8 Å².